The van der Waals surface area contributed by atoms with Crippen molar-refractivity contribution in [3.63, 3.8) is 0 Å². The van der Waals surface area contributed by atoms with E-state index in [2.05, 4.69) is 129 Å². The van der Waals surface area contributed by atoms with Gasteiger partial charge in [0, 0.05) is 56.1 Å². The second-order valence-electron chi connectivity index (χ2n) is 12.1. The summed E-state index contributed by atoms with van der Waals surface area (Å²) in [5.41, 5.74) is 10.3. The molecule has 6 heterocycles. The van der Waals surface area contributed by atoms with Gasteiger partial charge in [0.2, 0.25) is 0 Å². The van der Waals surface area contributed by atoms with Gasteiger partial charge < -0.3 is 9.13 Å². The van der Waals surface area contributed by atoms with Crippen molar-refractivity contribution in [3.8, 4) is 11.4 Å². The number of pyridine rings is 3. The SMILES string of the molecule is c1ccc(-n2c3ccccc3c3c4c5cc6c(cc5n(-c5ccccc5)c4ccc32)c2cccnc2n2c3ncccc3nc62)cc1. The summed E-state index contributed by atoms with van der Waals surface area (Å²) in [6.45, 7) is 0. The summed E-state index contributed by atoms with van der Waals surface area (Å²) in [5, 5.41) is 8.15. The van der Waals surface area contributed by atoms with E-state index in [1.807, 2.05) is 30.6 Å². The lowest BCUT2D eigenvalue weighted by Crippen LogP contribution is -1.96. The number of hydrogen-bond donors (Lipinski definition) is 0. The number of benzene rings is 5. The maximum atomic E-state index is 5.15. The van der Waals surface area contributed by atoms with Crippen LogP contribution in [0.4, 0.5) is 0 Å². The summed E-state index contributed by atoms with van der Waals surface area (Å²) >= 11 is 0. The molecule has 0 N–H and O–H groups in total. The molecule has 0 aliphatic heterocycles. The Morgan fingerprint density at radius 2 is 1.00 bits per heavy atom. The van der Waals surface area contributed by atoms with Crippen molar-refractivity contribution in [2.24, 2.45) is 0 Å². The molecule has 0 fully saturated rings. The van der Waals surface area contributed by atoms with Crippen LogP contribution < -0.4 is 0 Å². The molecule has 0 bridgehead atoms. The Kier molecular flexibility index (Phi) is 4.75. The second-order valence-corrected chi connectivity index (χ2v) is 12.1. The van der Waals surface area contributed by atoms with Crippen molar-refractivity contribution in [1.29, 1.82) is 0 Å². The Morgan fingerprint density at radius 3 is 1.77 bits per heavy atom. The van der Waals surface area contributed by atoms with E-state index in [-0.39, 0.29) is 0 Å². The van der Waals surface area contributed by atoms with Crippen molar-refractivity contribution in [2.75, 3.05) is 0 Å². The topological polar surface area (TPSA) is 52.9 Å². The Balaban J connectivity index is 1.42. The lowest BCUT2D eigenvalue weighted by atomic mass is 10.0. The maximum Gasteiger partial charge on any atom is 0.166 e. The van der Waals surface area contributed by atoms with Gasteiger partial charge in [-0.2, -0.15) is 0 Å². The number of hydrogen-bond acceptors (Lipinski definition) is 3. The van der Waals surface area contributed by atoms with Gasteiger partial charge in [-0.15, -0.1) is 0 Å². The predicted molar refractivity (Wildman–Crippen MR) is 192 cm³/mol. The fraction of sp³-hybridized carbons (Fsp3) is 0. The summed E-state index contributed by atoms with van der Waals surface area (Å²) in [6, 6.07) is 47.5. The van der Waals surface area contributed by atoms with E-state index < -0.39 is 0 Å². The van der Waals surface area contributed by atoms with Gasteiger partial charge in [-0.05, 0) is 84.2 Å². The number of rotatable bonds is 2. The first-order chi connectivity index (χ1) is 23.3. The van der Waals surface area contributed by atoms with Crippen molar-refractivity contribution in [2.45, 2.75) is 0 Å². The molecule has 0 amide bonds. The number of aromatic nitrogens is 6. The van der Waals surface area contributed by atoms with Crippen molar-refractivity contribution in [3.05, 3.63) is 146 Å². The van der Waals surface area contributed by atoms with E-state index in [4.69, 9.17) is 15.0 Å². The van der Waals surface area contributed by atoms with Gasteiger partial charge in [0.1, 0.15) is 16.8 Å². The molecule has 6 heteroatoms. The van der Waals surface area contributed by atoms with Crippen molar-refractivity contribution >= 4 is 82.2 Å². The molecule has 0 atom stereocenters. The lowest BCUT2D eigenvalue weighted by molar-refractivity contribution is 1.17. The zero-order valence-corrected chi connectivity index (χ0v) is 25.0. The fourth-order valence-electron chi connectivity index (χ4n) is 7.81. The number of fused-ring (bicyclic) bond motifs is 15. The van der Waals surface area contributed by atoms with E-state index in [1.165, 1.54) is 38.1 Å². The van der Waals surface area contributed by atoms with Crippen molar-refractivity contribution < 1.29 is 0 Å². The van der Waals surface area contributed by atoms with Crippen LogP contribution in [0, 0.1) is 0 Å². The molecule has 0 saturated carbocycles. The van der Waals surface area contributed by atoms with Gasteiger partial charge in [0.25, 0.3) is 0 Å². The van der Waals surface area contributed by atoms with Crippen LogP contribution in [0.25, 0.3) is 93.6 Å². The summed E-state index contributed by atoms with van der Waals surface area (Å²) in [4.78, 5) is 14.8. The van der Waals surface area contributed by atoms with Crippen LogP contribution in [0.3, 0.4) is 0 Å². The summed E-state index contributed by atoms with van der Waals surface area (Å²) in [5.74, 6) is 0. The smallest absolute Gasteiger partial charge is 0.166 e. The van der Waals surface area contributed by atoms with Gasteiger partial charge in [-0.1, -0.05) is 54.6 Å². The quantitative estimate of drug-likeness (QED) is 0.186. The number of imidazole rings is 1. The van der Waals surface area contributed by atoms with Crippen LogP contribution in [-0.2, 0) is 0 Å². The highest BCUT2D eigenvalue weighted by molar-refractivity contribution is 6.31. The molecule has 47 heavy (non-hydrogen) atoms. The maximum absolute atomic E-state index is 5.15. The van der Waals surface area contributed by atoms with Gasteiger partial charge in [0.05, 0.1) is 22.1 Å². The van der Waals surface area contributed by atoms with Crippen LogP contribution in [0.2, 0.25) is 0 Å². The van der Waals surface area contributed by atoms with E-state index >= 15 is 0 Å². The van der Waals surface area contributed by atoms with Crippen LogP contribution in [0.1, 0.15) is 0 Å². The van der Waals surface area contributed by atoms with E-state index in [9.17, 15) is 0 Å². The third-order valence-electron chi connectivity index (χ3n) is 9.68. The average molecular weight is 601 g/mol. The molecule has 0 unspecified atom stereocenters. The Morgan fingerprint density at radius 1 is 0.383 bits per heavy atom. The molecule has 11 rings (SSSR count). The molecule has 218 valence electrons. The van der Waals surface area contributed by atoms with Crippen LogP contribution in [-0.4, -0.2) is 28.5 Å². The normalized spacial score (nSPS) is 12.3. The van der Waals surface area contributed by atoms with Gasteiger partial charge in [0.15, 0.2) is 5.65 Å². The predicted octanol–water partition coefficient (Wildman–Crippen LogP) is 9.78. The molecular weight excluding hydrogens is 576 g/mol. The van der Waals surface area contributed by atoms with E-state index in [0.717, 1.165) is 55.5 Å². The summed E-state index contributed by atoms with van der Waals surface area (Å²) < 4.78 is 6.92. The third-order valence-corrected chi connectivity index (χ3v) is 9.68. The minimum Gasteiger partial charge on any atom is -0.309 e. The second kappa shape index (κ2) is 9.02. The fourth-order valence-corrected chi connectivity index (χ4v) is 7.81. The van der Waals surface area contributed by atoms with E-state index in [0.29, 0.717) is 0 Å². The minimum atomic E-state index is 0.813. The monoisotopic (exact) mass is 600 g/mol. The van der Waals surface area contributed by atoms with Gasteiger partial charge >= 0.3 is 0 Å². The molecule has 0 saturated heterocycles. The van der Waals surface area contributed by atoms with Crippen LogP contribution in [0.15, 0.2) is 146 Å². The van der Waals surface area contributed by atoms with Gasteiger partial charge in [-0.25, -0.2) is 15.0 Å². The Hall–Kier alpha value is -6.53. The average Bonchev–Trinajstić information content (AvgIpc) is 3.79. The first kappa shape index (κ1) is 24.8. The number of nitrogens with zero attached hydrogens (tertiary/aromatic N) is 6. The minimum absolute atomic E-state index is 0.813. The third kappa shape index (κ3) is 3.21. The lowest BCUT2D eigenvalue weighted by Gasteiger charge is -2.10. The summed E-state index contributed by atoms with van der Waals surface area (Å²) in [7, 11) is 0. The Labute approximate surface area is 267 Å². The number of para-hydroxylation sites is 3. The summed E-state index contributed by atoms with van der Waals surface area (Å²) in [6.07, 6.45) is 3.67. The zero-order valence-electron chi connectivity index (χ0n) is 25.0. The highest BCUT2D eigenvalue weighted by Crippen LogP contribution is 2.44. The largest absolute Gasteiger partial charge is 0.309 e. The molecule has 6 aromatic heterocycles. The van der Waals surface area contributed by atoms with E-state index in [1.54, 1.807) is 0 Å². The standard InChI is InChI=1S/C41H24N6/c1-3-11-25(12-4-1)45-33-18-8-7-15-28(33)37-34(45)19-20-35-38(37)31-23-30-29(24-36(31)46(35)26-13-5-2-6-14-26)27-16-9-21-42-39(27)47-40(30)44-32-17-10-22-43-41(32)47/h1-24H. The molecule has 11 aromatic rings. The van der Waals surface area contributed by atoms with Gasteiger partial charge in [-0.3, -0.25) is 4.40 Å². The molecule has 0 spiro atoms. The molecule has 5 aromatic carbocycles. The highest BCUT2D eigenvalue weighted by atomic mass is 15.1. The molecule has 0 aliphatic rings. The highest BCUT2D eigenvalue weighted by Gasteiger charge is 2.23. The first-order valence-electron chi connectivity index (χ1n) is 15.8. The molecular formula is C41H24N6. The molecule has 6 nitrogen and oxygen atoms in total. The molecule has 0 radical (unpaired) electrons. The van der Waals surface area contributed by atoms with Crippen LogP contribution >= 0.6 is 0 Å². The Bertz CT molecular complexity index is 3060. The molecule has 0 aliphatic carbocycles. The van der Waals surface area contributed by atoms with Crippen molar-refractivity contribution in [1.82, 2.24) is 28.5 Å². The zero-order chi connectivity index (χ0) is 30.6. The van der Waals surface area contributed by atoms with Crippen LogP contribution in [0.5, 0.6) is 0 Å². The first-order valence-corrected chi connectivity index (χ1v) is 15.8.